The first-order chi connectivity index (χ1) is 8.53. The zero-order valence-corrected chi connectivity index (χ0v) is 11.4. The van der Waals surface area contributed by atoms with Gasteiger partial charge in [-0.2, -0.15) is 0 Å². The minimum absolute atomic E-state index is 0.148. The Morgan fingerprint density at radius 3 is 2.83 bits per heavy atom. The number of ketones is 1. The number of epoxide rings is 2. The number of allylic oxidation sites excluding steroid dienone is 1. The molecule has 0 radical (unpaired) electrons. The third-order valence-electron chi connectivity index (χ3n) is 4.57. The fourth-order valence-electron chi connectivity index (χ4n) is 3.24. The molecular weight excluding hydrogens is 228 g/mol. The summed E-state index contributed by atoms with van der Waals surface area (Å²) in [4.78, 5) is 11.7. The molecule has 3 heteroatoms. The molecule has 3 rings (SSSR count). The van der Waals surface area contributed by atoms with E-state index in [1.165, 1.54) is 6.42 Å². The van der Waals surface area contributed by atoms with E-state index in [0.29, 0.717) is 12.5 Å². The standard InChI is InChI=1S/C15H22O3/c1-9(2)4-5-13-14(18-13)12-7-11(16)6-10(3)15(12)8-17-15/h6,9,12-14H,4-5,7-8H2,1-3H3/t12?,13-,14-,15-/m1/s1. The molecule has 0 bridgehead atoms. The molecule has 0 amide bonds. The molecule has 18 heavy (non-hydrogen) atoms. The summed E-state index contributed by atoms with van der Waals surface area (Å²) in [6, 6.07) is 0. The van der Waals surface area contributed by atoms with Gasteiger partial charge < -0.3 is 9.47 Å². The summed E-state index contributed by atoms with van der Waals surface area (Å²) < 4.78 is 11.5. The minimum Gasteiger partial charge on any atom is -0.369 e. The van der Waals surface area contributed by atoms with Crippen molar-refractivity contribution in [2.45, 2.75) is 57.8 Å². The van der Waals surface area contributed by atoms with Crippen LogP contribution >= 0.6 is 0 Å². The molecule has 2 fully saturated rings. The second-order valence-electron chi connectivity index (χ2n) is 6.39. The van der Waals surface area contributed by atoms with Crippen LogP contribution in [-0.2, 0) is 14.3 Å². The fraction of sp³-hybridized carbons (Fsp3) is 0.800. The molecule has 3 nitrogen and oxygen atoms in total. The van der Waals surface area contributed by atoms with Gasteiger partial charge in [0.2, 0.25) is 0 Å². The SMILES string of the molecule is CC1=CC(=O)CC([C@H]2O[C@@H]2CCC(C)C)[C@@]12CO2. The first-order valence-corrected chi connectivity index (χ1v) is 7.04. The third-order valence-corrected chi connectivity index (χ3v) is 4.57. The van der Waals surface area contributed by atoms with Crippen LogP contribution < -0.4 is 0 Å². The Labute approximate surface area is 109 Å². The summed E-state index contributed by atoms with van der Waals surface area (Å²) in [6.45, 7) is 7.26. The lowest BCUT2D eigenvalue weighted by molar-refractivity contribution is -0.116. The highest BCUT2D eigenvalue weighted by Gasteiger charge is 2.62. The van der Waals surface area contributed by atoms with E-state index in [1.807, 2.05) is 6.92 Å². The monoisotopic (exact) mass is 250 g/mol. The Morgan fingerprint density at radius 1 is 1.50 bits per heavy atom. The molecule has 3 aliphatic rings. The predicted molar refractivity (Wildman–Crippen MR) is 68.3 cm³/mol. The quantitative estimate of drug-likeness (QED) is 0.720. The Hall–Kier alpha value is -0.670. The molecular formula is C15H22O3. The largest absolute Gasteiger partial charge is 0.369 e. The van der Waals surface area contributed by atoms with Gasteiger partial charge in [-0.25, -0.2) is 0 Å². The van der Waals surface area contributed by atoms with Gasteiger partial charge >= 0.3 is 0 Å². The molecule has 1 spiro atoms. The molecule has 2 heterocycles. The van der Waals surface area contributed by atoms with Crippen molar-refractivity contribution in [3.63, 3.8) is 0 Å². The van der Waals surface area contributed by atoms with Crippen molar-refractivity contribution >= 4 is 5.78 Å². The van der Waals surface area contributed by atoms with Gasteiger partial charge in [-0.15, -0.1) is 0 Å². The van der Waals surface area contributed by atoms with Crippen LogP contribution in [0.3, 0.4) is 0 Å². The molecule has 1 aliphatic carbocycles. The number of rotatable bonds is 4. The van der Waals surface area contributed by atoms with Crippen LogP contribution in [-0.4, -0.2) is 30.2 Å². The summed E-state index contributed by atoms with van der Waals surface area (Å²) >= 11 is 0. The van der Waals surface area contributed by atoms with Crippen LogP contribution in [0.15, 0.2) is 11.6 Å². The Morgan fingerprint density at radius 2 is 2.22 bits per heavy atom. The molecule has 0 saturated carbocycles. The highest BCUT2D eigenvalue weighted by Crippen LogP contribution is 2.52. The lowest BCUT2D eigenvalue weighted by Gasteiger charge is -2.26. The average molecular weight is 250 g/mol. The van der Waals surface area contributed by atoms with Gasteiger partial charge in [0.15, 0.2) is 5.78 Å². The van der Waals surface area contributed by atoms with Gasteiger partial charge in [0, 0.05) is 12.3 Å². The Balaban J connectivity index is 1.64. The van der Waals surface area contributed by atoms with Gasteiger partial charge in [-0.05, 0) is 37.3 Å². The molecule has 0 N–H and O–H groups in total. The smallest absolute Gasteiger partial charge is 0.156 e. The van der Waals surface area contributed by atoms with Crippen LogP contribution in [0, 0.1) is 11.8 Å². The van der Waals surface area contributed by atoms with Crippen LogP contribution in [0.2, 0.25) is 0 Å². The molecule has 100 valence electrons. The molecule has 1 unspecified atom stereocenters. The van der Waals surface area contributed by atoms with E-state index in [9.17, 15) is 4.79 Å². The second-order valence-corrected chi connectivity index (χ2v) is 6.39. The summed E-state index contributed by atoms with van der Waals surface area (Å²) in [5.41, 5.74) is 0.951. The summed E-state index contributed by atoms with van der Waals surface area (Å²) in [5, 5.41) is 0. The van der Waals surface area contributed by atoms with Crippen molar-refractivity contribution in [1.29, 1.82) is 0 Å². The number of hydrogen-bond acceptors (Lipinski definition) is 3. The summed E-state index contributed by atoms with van der Waals surface area (Å²) in [5.74, 6) is 1.21. The fourth-order valence-corrected chi connectivity index (χ4v) is 3.24. The maximum atomic E-state index is 11.7. The van der Waals surface area contributed by atoms with Gasteiger partial charge in [-0.1, -0.05) is 13.8 Å². The molecule has 0 aromatic carbocycles. The van der Waals surface area contributed by atoms with Gasteiger partial charge in [-0.3, -0.25) is 4.79 Å². The Bertz CT molecular complexity index is 393. The average Bonchev–Trinajstić information content (AvgIpc) is 3.17. The summed E-state index contributed by atoms with van der Waals surface area (Å²) in [7, 11) is 0. The van der Waals surface area contributed by atoms with E-state index in [0.717, 1.165) is 24.5 Å². The van der Waals surface area contributed by atoms with Crippen LogP contribution in [0.25, 0.3) is 0 Å². The lowest BCUT2D eigenvalue weighted by atomic mass is 9.75. The van der Waals surface area contributed by atoms with Crippen molar-refractivity contribution in [3.05, 3.63) is 11.6 Å². The maximum Gasteiger partial charge on any atom is 0.156 e. The van der Waals surface area contributed by atoms with Gasteiger partial charge in [0.1, 0.15) is 5.60 Å². The Kier molecular flexibility index (Phi) is 2.87. The summed E-state index contributed by atoms with van der Waals surface area (Å²) in [6.07, 6.45) is 5.28. The van der Waals surface area contributed by atoms with Crippen molar-refractivity contribution in [2.75, 3.05) is 6.61 Å². The van der Waals surface area contributed by atoms with E-state index < -0.39 is 0 Å². The second kappa shape index (κ2) is 4.17. The van der Waals surface area contributed by atoms with E-state index in [2.05, 4.69) is 13.8 Å². The van der Waals surface area contributed by atoms with E-state index in [1.54, 1.807) is 6.08 Å². The van der Waals surface area contributed by atoms with Crippen LogP contribution in [0.4, 0.5) is 0 Å². The van der Waals surface area contributed by atoms with E-state index >= 15 is 0 Å². The van der Waals surface area contributed by atoms with Crippen LogP contribution in [0.1, 0.15) is 40.0 Å². The highest BCUT2D eigenvalue weighted by atomic mass is 16.6. The minimum atomic E-state index is -0.148. The zero-order valence-electron chi connectivity index (χ0n) is 11.4. The van der Waals surface area contributed by atoms with E-state index in [-0.39, 0.29) is 23.4 Å². The first-order valence-electron chi connectivity index (χ1n) is 7.04. The molecule has 0 aromatic heterocycles. The maximum absolute atomic E-state index is 11.7. The lowest BCUT2D eigenvalue weighted by Crippen LogP contribution is -2.36. The zero-order chi connectivity index (χ0) is 12.9. The van der Waals surface area contributed by atoms with Crippen molar-refractivity contribution in [2.24, 2.45) is 11.8 Å². The number of hydrogen-bond donors (Lipinski definition) is 0. The molecule has 2 aliphatic heterocycles. The molecule has 2 saturated heterocycles. The van der Waals surface area contributed by atoms with Crippen molar-refractivity contribution < 1.29 is 14.3 Å². The van der Waals surface area contributed by atoms with E-state index in [4.69, 9.17) is 9.47 Å². The third kappa shape index (κ3) is 2.04. The first kappa shape index (κ1) is 12.4. The number of ether oxygens (including phenoxy) is 2. The van der Waals surface area contributed by atoms with Gasteiger partial charge in [0.05, 0.1) is 18.8 Å². The van der Waals surface area contributed by atoms with Crippen LogP contribution in [0.5, 0.6) is 0 Å². The molecule has 0 aromatic rings. The van der Waals surface area contributed by atoms with Crippen molar-refractivity contribution in [1.82, 2.24) is 0 Å². The number of carbonyl (C=O) groups excluding carboxylic acids is 1. The topological polar surface area (TPSA) is 42.1 Å². The molecule has 4 atom stereocenters. The predicted octanol–water partition coefficient (Wildman–Crippen LogP) is 2.49. The highest BCUT2D eigenvalue weighted by molar-refractivity contribution is 5.92. The van der Waals surface area contributed by atoms with Gasteiger partial charge in [0.25, 0.3) is 0 Å². The van der Waals surface area contributed by atoms with Crippen molar-refractivity contribution in [3.8, 4) is 0 Å². The normalized spacial score (nSPS) is 42.3. The number of carbonyl (C=O) groups is 1.